The third-order valence-corrected chi connectivity index (χ3v) is 5.13. The van der Waals surface area contributed by atoms with Gasteiger partial charge in [-0.05, 0) is 62.4 Å². The van der Waals surface area contributed by atoms with Gasteiger partial charge >= 0.3 is 0 Å². The molecule has 1 heterocycles. The minimum Gasteiger partial charge on any atom is -0.303 e. The molecular weight excluding hydrogens is 289 g/mol. The van der Waals surface area contributed by atoms with Crippen LogP contribution in [0.5, 0.6) is 0 Å². The first-order valence-electron chi connectivity index (χ1n) is 7.64. The summed E-state index contributed by atoms with van der Waals surface area (Å²) in [6.07, 6.45) is 5.15. The van der Waals surface area contributed by atoms with Crippen molar-refractivity contribution in [2.24, 2.45) is 5.92 Å². The summed E-state index contributed by atoms with van der Waals surface area (Å²) >= 11 is 12.3. The van der Waals surface area contributed by atoms with Gasteiger partial charge in [-0.3, -0.25) is 0 Å². The van der Waals surface area contributed by atoms with Gasteiger partial charge in [0.05, 0.1) is 10.0 Å². The van der Waals surface area contributed by atoms with Crippen molar-refractivity contribution < 1.29 is 0 Å². The Morgan fingerprint density at radius 3 is 2.55 bits per heavy atom. The molecule has 3 heteroatoms. The van der Waals surface area contributed by atoms with Crippen molar-refractivity contribution in [2.45, 2.75) is 51.5 Å². The van der Waals surface area contributed by atoms with E-state index in [2.05, 4.69) is 37.9 Å². The molecule has 0 N–H and O–H groups in total. The Morgan fingerprint density at radius 2 is 1.95 bits per heavy atom. The molecule has 0 spiro atoms. The van der Waals surface area contributed by atoms with Gasteiger partial charge < -0.3 is 4.90 Å². The molecule has 112 valence electrons. The van der Waals surface area contributed by atoms with E-state index >= 15 is 0 Å². The number of likely N-dealkylation sites (N-methyl/N-ethyl adjacent to an activating group) is 1. The minimum atomic E-state index is 0.551. The summed E-state index contributed by atoms with van der Waals surface area (Å²) in [6.45, 7) is 5.81. The molecule has 20 heavy (non-hydrogen) atoms. The van der Waals surface area contributed by atoms with Gasteiger partial charge in [0.15, 0.2) is 0 Å². The first-order chi connectivity index (χ1) is 9.49. The first kappa shape index (κ1) is 16.1. The van der Waals surface area contributed by atoms with E-state index < -0.39 is 0 Å². The van der Waals surface area contributed by atoms with Crippen molar-refractivity contribution in [1.29, 1.82) is 0 Å². The number of halogens is 2. The lowest BCUT2D eigenvalue weighted by molar-refractivity contribution is 0.149. The van der Waals surface area contributed by atoms with E-state index in [4.69, 9.17) is 23.2 Å². The predicted octanol–water partition coefficient (Wildman–Crippen LogP) is 5.61. The van der Waals surface area contributed by atoms with Gasteiger partial charge in [-0.2, -0.15) is 0 Å². The van der Waals surface area contributed by atoms with Crippen LogP contribution in [0.25, 0.3) is 0 Å². The predicted molar refractivity (Wildman–Crippen MR) is 88.9 cm³/mol. The van der Waals surface area contributed by atoms with Crippen molar-refractivity contribution in [3.63, 3.8) is 0 Å². The zero-order valence-corrected chi connectivity index (χ0v) is 14.2. The topological polar surface area (TPSA) is 3.24 Å². The molecule has 1 fully saturated rings. The lowest BCUT2D eigenvalue weighted by Gasteiger charge is -2.39. The van der Waals surface area contributed by atoms with E-state index in [1.165, 1.54) is 37.8 Å². The second-order valence-corrected chi connectivity index (χ2v) is 7.27. The van der Waals surface area contributed by atoms with Gasteiger partial charge in [0.2, 0.25) is 0 Å². The maximum absolute atomic E-state index is 6.22. The summed E-state index contributed by atoms with van der Waals surface area (Å²) in [4.78, 5) is 2.53. The van der Waals surface area contributed by atoms with Crippen molar-refractivity contribution in [3.8, 4) is 0 Å². The van der Waals surface area contributed by atoms with E-state index in [0.29, 0.717) is 27.9 Å². The molecular formula is C17H25Cl2N. The SMILES string of the molecule is CC(C)C[C@@H](c1ccc(Cl)c(Cl)c1)[C@H]1CCCCN1C. The summed E-state index contributed by atoms with van der Waals surface area (Å²) in [5, 5.41) is 1.33. The molecule has 1 aliphatic heterocycles. The smallest absolute Gasteiger partial charge is 0.0595 e. The van der Waals surface area contributed by atoms with Crippen molar-refractivity contribution >= 4 is 23.2 Å². The second kappa shape index (κ2) is 7.15. The number of hydrogen-bond acceptors (Lipinski definition) is 1. The van der Waals surface area contributed by atoms with Crippen molar-refractivity contribution in [3.05, 3.63) is 33.8 Å². The fourth-order valence-corrected chi connectivity index (χ4v) is 3.68. The van der Waals surface area contributed by atoms with Crippen molar-refractivity contribution in [1.82, 2.24) is 4.90 Å². The molecule has 0 saturated carbocycles. The standard InChI is InChI=1S/C17H25Cl2N/c1-12(2)10-14(17-6-4-5-9-20(17)3)13-7-8-15(18)16(19)11-13/h7-8,11-12,14,17H,4-6,9-10H2,1-3H3/t14-,17+/m0/s1. The van der Waals surface area contributed by atoms with Crippen LogP contribution < -0.4 is 0 Å². The number of hydrogen-bond donors (Lipinski definition) is 0. The average molecular weight is 314 g/mol. The van der Waals surface area contributed by atoms with Crippen LogP contribution in [0, 0.1) is 5.92 Å². The second-order valence-electron chi connectivity index (χ2n) is 6.45. The molecule has 1 aromatic rings. The highest BCUT2D eigenvalue weighted by molar-refractivity contribution is 6.42. The molecule has 1 aromatic carbocycles. The van der Waals surface area contributed by atoms with Gasteiger partial charge in [-0.25, -0.2) is 0 Å². The summed E-state index contributed by atoms with van der Waals surface area (Å²) in [5.41, 5.74) is 1.34. The highest BCUT2D eigenvalue weighted by Crippen LogP contribution is 2.36. The van der Waals surface area contributed by atoms with Gasteiger partial charge in [-0.15, -0.1) is 0 Å². The number of rotatable bonds is 4. The number of nitrogens with zero attached hydrogens (tertiary/aromatic N) is 1. The van der Waals surface area contributed by atoms with Crippen LogP contribution in [0.4, 0.5) is 0 Å². The molecule has 0 aromatic heterocycles. The number of likely N-dealkylation sites (tertiary alicyclic amines) is 1. The van der Waals surface area contributed by atoms with Gasteiger partial charge in [-0.1, -0.05) is 49.5 Å². The average Bonchev–Trinajstić information content (AvgIpc) is 2.40. The summed E-state index contributed by atoms with van der Waals surface area (Å²) in [5.74, 6) is 1.24. The Morgan fingerprint density at radius 1 is 1.20 bits per heavy atom. The zero-order valence-electron chi connectivity index (χ0n) is 12.7. The van der Waals surface area contributed by atoms with Crippen LogP contribution in [-0.2, 0) is 0 Å². The highest BCUT2D eigenvalue weighted by Gasteiger charge is 2.29. The van der Waals surface area contributed by atoms with Crippen LogP contribution in [0.3, 0.4) is 0 Å². The van der Waals surface area contributed by atoms with E-state index in [-0.39, 0.29) is 0 Å². The van der Waals surface area contributed by atoms with Crippen LogP contribution in [0.2, 0.25) is 10.0 Å². The molecule has 1 saturated heterocycles. The van der Waals surface area contributed by atoms with E-state index in [0.717, 1.165) is 0 Å². The number of benzene rings is 1. The minimum absolute atomic E-state index is 0.551. The lowest BCUT2D eigenvalue weighted by atomic mass is 9.80. The van der Waals surface area contributed by atoms with E-state index in [1.807, 2.05) is 6.07 Å². The Bertz CT molecular complexity index is 445. The fourth-order valence-electron chi connectivity index (χ4n) is 3.38. The quantitative estimate of drug-likeness (QED) is 0.698. The molecule has 0 unspecified atom stereocenters. The van der Waals surface area contributed by atoms with Gasteiger partial charge in [0.25, 0.3) is 0 Å². The fraction of sp³-hybridized carbons (Fsp3) is 0.647. The monoisotopic (exact) mass is 313 g/mol. The molecule has 0 aliphatic carbocycles. The van der Waals surface area contributed by atoms with Gasteiger partial charge in [0, 0.05) is 6.04 Å². The van der Waals surface area contributed by atoms with Crippen LogP contribution in [-0.4, -0.2) is 24.5 Å². The lowest BCUT2D eigenvalue weighted by Crippen LogP contribution is -2.40. The molecule has 2 rings (SSSR count). The molecule has 2 atom stereocenters. The molecule has 0 amide bonds. The maximum Gasteiger partial charge on any atom is 0.0595 e. The molecule has 1 nitrogen and oxygen atoms in total. The zero-order chi connectivity index (χ0) is 14.7. The maximum atomic E-state index is 6.22. The van der Waals surface area contributed by atoms with E-state index in [9.17, 15) is 0 Å². The number of piperidine rings is 1. The summed E-state index contributed by atoms with van der Waals surface area (Å²) in [7, 11) is 2.26. The van der Waals surface area contributed by atoms with Crippen LogP contribution in [0.1, 0.15) is 51.0 Å². The Labute approximate surface area is 133 Å². The summed E-state index contributed by atoms with van der Waals surface area (Å²) < 4.78 is 0. The normalized spacial score (nSPS) is 22.2. The molecule has 1 aliphatic rings. The first-order valence-corrected chi connectivity index (χ1v) is 8.40. The Kier molecular flexibility index (Phi) is 5.77. The van der Waals surface area contributed by atoms with Crippen LogP contribution in [0.15, 0.2) is 18.2 Å². The molecule has 0 radical (unpaired) electrons. The Balaban J connectivity index is 2.28. The third kappa shape index (κ3) is 3.90. The highest BCUT2D eigenvalue weighted by atomic mass is 35.5. The van der Waals surface area contributed by atoms with Gasteiger partial charge in [0.1, 0.15) is 0 Å². The largest absolute Gasteiger partial charge is 0.303 e. The van der Waals surface area contributed by atoms with E-state index in [1.54, 1.807) is 0 Å². The summed E-state index contributed by atoms with van der Waals surface area (Å²) in [6, 6.07) is 6.79. The molecule has 0 bridgehead atoms. The third-order valence-electron chi connectivity index (χ3n) is 4.39. The van der Waals surface area contributed by atoms with Crippen molar-refractivity contribution in [2.75, 3.05) is 13.6 Å². The Hall–Kier alpha value is -0.240. The van der Waals surface area contributed by atoms with Crippen LogP contribution >= 0.6 is 23.2 Å².